The summed E-state index contributed by atoms with van der Waals surface area (Å²) < 4.78 is 0. The molecular formula is C21H21Cl3N2S. The Labute approximate surface area is 179 Å². The highest BCUT2D eigenvalue weighted by Gasteiger charge is 2.12. The molecule has 1 atom stereocenters. The van der Waals surface area contributed by atoms with Gasteiger partial charge in [-0.15, -0.1) is 11.3 Å². The van der Waals surface area contributed by atoms with Crippen molar-refractivity contribution >= 4 is 51.8 Å². The lowest BCUT2D eigenvalue weighted by atomic mass is 9.87. The fraction of sp³-hybridized carbons (Fsp3) is 0.429. The van der Waals surface area contributed by atoms with Gasteiger partial charge in [-0.1, -0.05) is 65.9 Å². The van der Waals surface area contributed by atoms with Crippen LogP contribution in [0, 0.1) is 17.8 Å². The summed E-state index contributed by atoms with van der Waals surface area (Å²) >= 11 is 19.9. The summed E-state index contributed by atoms with van der Waals surface area (Å²) in [5.74, 6) is 7.45. The van der Waals surface area contributed by atoms with Gasteiger partial charge in [0.1, 0.15) is 11.7 Å². The van der Waals surface area contributed by atoms with Gasteiger partial charge >= 0.3 is 0 Å². The van der Waals surface area contributed by atoms with E-state index in [2.05, 4.69) is 34.2 Å². The van der Waals surface area contributed by atoms with E-state index in [4.69, 9.17) is 34.8 Å². The van der Waals surface area contributed by atoms with Crippen LogP contribution < -0.4 is 0 Å². The molecule has 0 aliphatic heterocycles. The highest BCUT2D eigenvalue weighted by atomic mass is 35.5. The van der Waals surface area contributed by atoms with Crippen LogP contribution in [0.1, 0.15) is 61.2 Å². The molecule has 0 N–H and O–H groups in total. The second-order valence-electron chi connectivity index (χ2n) is 6.82. The molecule has 1 saturated carbocycles. The van der Waals surface area contributed by atoms with Gasteiger partial charge in [0.05, 0.1) is 14.9 Å². The summed E-state index contributed by atoms with van der Waals surface area (Å²) in [7, 11) is 0. The average Bonchev–Trinajstić information content (AvgIpc) is 3.10. The van der Waals surface area contributed by atoms with Crippen molar-refractivity contribution < 1.29 is 0 Å². The fourth-order valence-corrected chi connectivity index (χ4v) is 4.91. The minimum absolute atomic E-state index is 0.0910. The molecule has 2 nitrogen and oxygen atoms in total. The van der Waals surface area contributed by atoms with Crippen LogP contribution in [0.3, 0.4) is 0 Å². The van der Waals surface area contributed by atoms with E-state index in [1.165, 1.54) is 32.1 Å². The summed E-state index contributed by atoms with van der Waals surface area (Å²) in [6.07, 6.45) is 7.78. The van der Waals surface area contributed by atoms with Gasteiger partial charge in [-0.05, 0) is 49.9 Å². The largest absolute Gasteiger partial charge is 0.180 e. The van der Waals surface area contributed by atoms with Gasteiger partial charge in [-0.2, -0.15) is 10.2 Å². The first-order chi connectivity index (χ1) is 13.0. The minimum atomic E-state index is -0.0910. The van der Waals surface area contributed by atoms with Crippen molar-refractivity contribution in [1.82, 2.24) is 0 Å². The zero-order valence-electron chi connectivity index (χ0n) is 15.1. The maximum atomic E-state index is 6.15. The molecule has 1 aliphatic carbocycles. The third-order valence-corrected chi connectivity index (χ3v) is 6.64. The Morgan fingerprint density at radius 3 is 2.52 bits per heavy atom. The normalized spacial score (nSPS) is 16.3. The molecule has 27 heavy (non-hydrogen) atoms. The quantitative estimate of drug-likeness (QED) is 0.335. The topological polar surface area (TPSA) is 24.7 Å². The maximum absolute atomic E-state index is 6.15. The van der Waals surface area contributed by atoms with E-state index in [1.54, 1.807) is 23.5 Å². The Morgan fingerprint density at radius 2 is 1.81 bits per heavy atom. The van der Waals surface area contributed by atoms with Crippen molar-refractivity contribution in [3.05, 3.63) is 49.1 Å². The summed E-state index contributed by atoms with van der Waals surface area (Å²) in [6.45, 7) is 1.99. The summed E-state index contributed by atoms with van der Waals surface area (Å²) in [6, 6.07) is 7.25. The number of halogens is 3. The highest BCUT2D eigenvalue weighted by Crippen LogP contribution is 2.37. The van der Waals surface area contributed by atoms with E-state index in [0.717, 1.165) is 22.1 Å². The molecule has 1 heterocycles. The standard InChI is InChI=1S/C21H21Cl3N2S/c1-14(25-26-21-18(23)12-16(22)13-19(21)24)20-11-10-17(27-20)9-5-8-15-6-3-2-4-7-15/h10-15H,2-4,6-8H2,1H3. The molecule has 1 aliphatic rings. The van der Waals surface area contributed by atoms with Crippen molar-refractivity contribution in [2.75, 3.05) is 0 Å². The Kier molecular flexibility index (Phi) is 7.61. The average molecular weight is 440 g/mol. The van der Waals surface area contributed by atoms with Crippen molar-refractivity contribution in [2.45, 2.75) is 51.5 Å². The smallest absolute Gasteiger partial charge is 0.123 e. The van der Waals surface area contributed by atoms with Crippen LogP contribution in [0.15, 0.2) is 34.5 Å². The molecule has 0 spiro atoms. The molecule has 2 aromatic rings. The van der Waals surface area contributed by atoms with E-state index in [9.17, 15) is 0 Å². The van der Waals surface area contributed by atoms with E-state index in [-0.39, 0.29) is 6.04 Å². The van der Waals surface area contributed by atoms with Crippen LogP contribution in [0.4, 0.5) is 5.69 Å². The SMILES string of the molecule is CC(N=Nc1c(Cl)cc(Cl)cc1Cl)c1ccc(C#CCC2CCCCC2)s1. The molecule has 0 radical (unpaired) electrons. The van der Waals surface area contributed by atoms with Crippen LogP contribution in [-0.4, -0.2) is 0 Å². The van der Waals surface area contributed by atoms with Gasteiger partial charge in [0, 0.05) is 16.3 Å². The fourth-order valence-electron chi connectivity index (χ4n) is 3.15. The van der Waals surface area contributed by atoms with Crippen molar-refractivity contribution in [3.63, 3.8) is 0 Å². The van der Waals surface area contributed by atoms with Gasteiger partial charge in [-0.25, -0.2) is 0 Å². The molecule has 3 rings (SSSR count). The Bertz CT molecular complexity index is 850. The molecule has 1 fully saturated rings. The number of hydrogen-bond donors (Lipinski definition) is 0. The summed E-state index contributed by atoms with van der Waals surface area (Å²) in [5.41, 5.74) is 0.443. The summed E-state index contributed by atoms with van der Waals surface area (Å²) in [5, 5.41) is 9.85. The van der Waals surface area contributed by atoms with Gasteiger partial charge < -0.3 is 0 Å². The third kappa shape index (κ3) is 5.96. The number of hydrogen-bond acceptors (Lipinski definition) is 3. The minimum Gasteiger partial charge on any atom is -0.180 e. The lowest BCUT2D eigenvalue weighted by Gasteiger charge is -2.18. The predicted octanol–water partition coefficient (Wildman–Crippen LogP) is 8.88. The van der Waals surface area contributed by atoms with Gasteiger partial charge in [0.15, 0.2) is 0 Å². The lowest BCUT2D eigenvalue weighted by molar-refractivity contribution is 0.365. The van der Waals surface area contributed by atoms with E-state index >= 15 is 0 Å². The molecule has 1 aromatic carbocycles. The first kappa shape index (κ1) is 20.7. The van der Waals surface area contributed by atoms with Crippen molar-refractivity contribution in [3.8, 4) is 11.8 Å². The zero-order valence-corrected chi connectivity index (χ0v) is 18.2. The molecule has 6 heteroatoms. The van der Waals surface area contributed by atoms with Gasteiger partial charge in [0.2, 0.25) is 0 Å². The van der Waals surface area contributed by atoms with Crippen LogP contribution >= 0.6 is 46.1 Å². The van der Waals surface area contributed by atoms with E-state index in [0.29, 0.717) is 20.8 Å². The molecule has 0 bridgehead atoms. The molecular weight excluding hydrogens is 419 g/mol. The summed E-state index contributed by atoms with van der Waals surface area (Å²) in [4.78, 5) is 2.19. The molecule has 142 valence electrons. The zero-order chi connectivity index (χ0) is 19.2. The van der Waals surface area contributed by atoms with E-state index in [1.807, 2.05) is 6.92 Å². The molecule has 0 amide bonds. The first-order valence-corrected chi connectivity index (χ1v) is 11.1. The number of rotatable bonds is 4. The van der Waals surface area contributed by atoms with Crippen molar-refractivity contribution in [2.24, 2.45) is 16.1 Å². The first-order valence-electron chi connectivity index (χ1n) is 9.17. The van der Waals surface area contributed by atoms with Crippen molar-refractivity contribution in [1.29, 1.82) is 0 Å². The van der Waals surface area contributed by atoms with Gasteiger partial charge in [-0.3, -0.25) is 0 Å². The van der Waals surface area contributed by atoms with Crippen LogP contribution in [0.5, 0.6) is 0 Å². The Morgan fingerprint density at radius 1 is 1.11 bits per heavy atom. The van der Waals surface area contributed by atoms with Crippen LogP contribution in [-0.2, 0) is 0 Å². The number of thiophene rings is 1. The lowest BCUT2D eigenvalue weighted by Crippen LogP contribution is -2.04. The van der Waals surface area contributed by atoms with E-state index < -0.39 is 0 Å². The molecule has 0 saturated heterocycles. The third-order valence-electron chi connectivity index (χ3n) is 4.68. The number of nitrogens with zero attached hydrogens (tertiary/aromatic N) is 2. The molecule has 1 unspecified atom stereocenters. The Balaban J connectivity index is 1.62. The highest BCUT2D eigenvalue weighted by molar-refractivity contribution is 7.12. The maximum Gasteiger partial charge on any atom is 0.123 e. The van der Waals surface area contributed by atoms with Crippen LogP contribution in [0.25, 0.3) is 0 Å². The second kappa shape index (κ2) is 9.94. The van der Waals surface area contributed by atoms with Gasteiger partial charge in [0.25, 0.3) is 0 Å². The number of azo groups is 1. The second-order valence-corrected chi connectivity index (χ2v) is 9.19. The molecule has 1 aromatic heterocycles. The predicted molar refractivity (Wildman–Crippen MR) is 117 cm³/mol. The number of benzene rings is 1. The Hall–Kier alpha value is -1.05. The monoisotopic (exact) mass is 438 g/mol. The van der Waals surface area contributed by atoms with Crippen LogP contribution in [0.2, 0.25) is 15.1 Å².